The van der Waals surface area contributed by atoms with Crippen molar-refractivity contribution in [2.75, 3.05) is 19.6 Å². The van der Waals surface area contributed by atoms with Gasteiger partial charge in [-0.25, -0.2) is 5.48 Å². The Morgan fingerprint density at radius 2 is 1.79 bits per heavy atom. The number of carbonyl (C=O) groups is 3. The summed E-state index contributed by atoms with van der Waals surface area (Å²) in [5.74, 6) is -0.709. The zero-order valence-corrected chi connectivity index (χ0v) is 16.8. The van der Waals surface area contributed by atoms with E-state index >= 15 is 0 Å². The minimum atomic E-state index is -0.723. The van der Waals surface area contributed by atoms with Crippen molar-refractivity contribution in [1.29, 1.82) is 0 Å². The molecule has 7 nitrogen and oxygen atoms in total. The van der Waals surface area contributed by atoms with Crippen LogP contribution in [0.15, 0.2) is 24.3 Å². The van der Waals surface area contributed by atoms with Gasteiger partial charge in [0.1, 0.15) is 6.04 Å². The number of amides is 3. The Morgan fingerprint density at radius 3 is 2.32 bits per heavy atom. The van der Waals surface area contributed by atoms with Crippen LogP contribution in [0.1, 0.15) is 44.2 Å². The molecule has 2 unspecified atom stereocenters. The van der Waals surface area contributed by atoms with Gasteiger partial charge in [-0.1, -0.05) is 29.8 Å². The van der Waals surface area contributed by atoms with Gasteiger partial charge in [0.05, 0.1) is 5.41 Å². The Hall–Kier alpha value is -2.41. The van der Waals surface area contributed by atoms with E-state index in [1.165, 1.54) is 6.92 Å². The van der Waals surface area contributed by atoms with Crippen LogP contribution in [0.25, 0.3) is 0 Å². The molecule has 2 heterocycles. The Morgan fingerprint density at radius 1 is 1.18 bits per heavy atom. The quantitative estimate of drug-likeness (QED) is 0.607. The second-order valence-corrected chi connectivity index (χ2v) is 8.21. The molecule has 2 aliphatic rings. The first kappa shape index (κ1) is 20.3. The summed E-state index contributed by atoms with van der Waals surface area (Å²) >= 11 is 0. The molecule has 152 valence electrons. The first-order valence-electron chi connectivity index (χ1n) is 9.85. The Kier molecular flexibility index (Phi) is 5.74. The van der Waals surface area contributed by atoms with Gasteiger partial charge in [0.15, 0.2) is 0 Å². The van der Waals surface area contributed by atoms with Crippen LogP contribution in [-0.4, -0.2) is 58.4 Å². The molecule has 0 saturated carbocycles. The fourth-order valence-corrected chi connectivity index (χ4v) is 4.53. The van der Waals surface area contributed by atoms with E-state index in [1.54, 1.807) is 15.3 Å². The number of carbonyl (C=O) groups excluding carboxylic acids is 3. The van der Waals surface area contributed by atoms with Crippen molar-refractivity contribution in [3.05, 3.63) is 35.4 Å². The number of hydrogen-bond donors (Lipinski definition) is 2. The number of nitrogens with zero attached hydrogens (tertiary/aromatic N) is 2. The smallest absolute Gasteiger partial charge is 0.266 e. The Balaban J connectivity index is 1.82. The van der Waals surface area contributed by atoms with E-state index in [2.05, 4.69) is 0 Å². The van der Waals surface area contributed by atoms with Crippen molar-refractivity contribution in [3.63, 3.8) is 0 Å². The molecule has 0 bridgehead atoms. The number of hydroxylamine groups is 1. The molecule has 2 N–H and O–H groups in total. The highest BCUT2D eigenvalue weighted by Crippen LogP contribution is 2.38. The second-order valence-electron chi connectivity index (χ2n) is 8.21. The zero-order chi connectivity index (χ0) is 20.5. The lowest BCUT2D eigenvalue weighted by Crippen LogP contribution is -2.55. The lowest BCUT2D eigenvalue weighted by Gasteiger charge is -2.39. The van der Waals surface area contributed by atoms with Crippen molar-refractivity contribution in [3.8, 4) is 0 Å². The molecule has 2 saturated heterocycles. The molecule has 28 heavy (non-hydrogen) atoms. The van der Waals surface area contributed by atoms with Gasteiger partial charge in [-0.3, -0.25) is 19.6 Å². The third-order valence-electron chi connectivity index (χ3n) is 6.42. The molecule has 0 spiro atoms. The van der Waals surface area contributed by atoms with E-state index < -0.39 is 17.4 Å². The molecule has 2 aliphatic heterocycles. The summed E-state index contributed by atoms with van der Waals surface area (Å²) in [6.45, 7) is 7.05. The van der Waals surface area contributed by atoms with Crippen LogP contribution in [0, 0.1) is 12.8 Å². The third-order valence-corrected chi connectivity index (χ3v) is 6.42. The summed E-state index contributed by atoms with van der Waals surface area (Å²) in [6, 6.07) is 7.21. The molecule has 1 aromatic carbocycles. The molecular formula is C21H29N3O4. The number of likely N-dealkylation sites (tertiary alicyclic amines) is 2. The molecule has 2 fully saturated rings. The van der Waals surface area contributed by atoms with Crippen molar-refractivity contribution in [2.45, 2.75) is 51.5 Å². The first-order chi connectivity index (χ1) is 13.3. The van der Waals surface area contributed by atoms with Gasteiger partial charge in [-0.05, 0) is 44.6 Å². The van der Waals surface area contributed by atoms with E-state index in [0.29, 0.717) is 38.9 Å². The maximum absolute atomic E-state index is 13.4. The summed E-state index contributed by atoms with van der Waals surface area (Å²) in [6.07, 6.45) is 1.88. The number of benzene rings is 1. The summed E-state index contributed by atoms with van der Waals surface area (Å²) in [5, 5.41) is 9.30. The van der Waals surface area contributed by atoms with Crippen LogP contribution in [0.5, 0.6) is 0 Å². The zero-order valence-electron chi connectivity index (χ0n) is 16.8. The van der Waals surface area contributed by atoms with Crippen LogP contribution < -0.4 is 5.48 Å². The standard InChI is InChI=1S/C21H29N3O4/c1-14-4-6-17(7-5-14)21(3)10-13-24(20(21)27)18(19(26)22-28)16-8-11-23(12-9-16)15(2)25/h4-7,16,18,28H,8-13H2,1-3H3,(H,22,26). The molecular weight excluding hydrogens is 358 g/mol. The van der Waals surface area contributed by atoms with E-state index in [0.717, 1.165) is 11.1 Å². The highest BCUT2D eigenvalue weighted by Gasteiger charge is 2.49. The average Bonchev–Trinajstić information content (AvgIpc) is 2.99. The fraction of sp³-hybridized carbons (Fsp3) is 0.571. The van der Waals surface area contributed by atoms with Crippen LogP contribution in [0.4, 0.5) is 0 Å². The van der Waals surface area contributed by atoms with Gasteiger partial charge in [0, 0.05) is 26.6 Å². The minimum absolute atomic E-state index is 0.0193. The molecule has 3 amide bonds. The summed E-state index contributed by atoms with van der Waals surface area (Å²) in [4.78, 5) is 40.9. The van der Waals surface area contributed by atoms with Crippen molar-refractivity contribution in [2.24, 2.45) is 5.92 Å². The molecule has 0 aromatic heterocycles. The van der Waals surface area contributed by atoms with Gasteiger partial charge in [-0.2, -0.15) is 0 Å². The monoisotopic (exact) mass is 387 g/mol. The lowest BCUT2D eigenvalue weighted by molar-refractivity contribution is -0.147. The minimum Gasteiger partial charge on any atom is -0.343 e. The van der Waals surface area contributed by atoms with Gasteiger partial charge >= 0.3 is 0 Å². The van der Waals surface area contributed by atoms with Crippen LogP contribution in [0.2, 0.25) is 0 Å². The van der Waals surface area contributed by atoms with Gasteiger partial charge in [0.25, 0.3) is 5.91 Å². The van der Waals surface area contributed by atoms with Gasteiger partial charge in [0.2, 0.25) is 11.8 Å². The average molecular weight is 387 g/mol. The normalized spacial score (nSPS) is 24.4. The topological polar surface area (TPSA) is 89.9 Å². The van der Waals surface area contributed by atoms with E-state index in [9.17, 15) is 19.6 Å². The number of rotatable bonds is 4. The van der Waals surface area contributed by atoms with Crippen LogP contribution >= 0.6 is 0 Å². The fourth-order valence-electron chi connectivity index (χ4n) is 4.53. The number of hydrogen-bond acceptors (Lipinski definition) is 4. The number of nitrogens with one attached hydrogen (secondary N) is 1. The summed E-state index contributed by atoms with van der Waals surface area (Å²) in [5.41, 5.74) is 3.15. The van der Waals surface area contributed by atoms with E-state index in [4.69, 9.17) is 0 Å². The van der Waals surface area contributed by atoms with Gasteiger partial charge < -0.3 is 9.80 Å². The maximum atomic E-state index is 13.4. The van der Waals surface area contributed by atoms with Crippen molar-refractivity contribution >= 4 is 17.7 Å². The van der Waals surface area contributed by atoms with Crippen LogP contribution in [-0.2, 0) is 19.8 Å². The Bertz CT molecular complexity index is 755. The highest BCUT2D eigenvalue weighted by molar-refractivity contribution is 5.94. The molecule has 0 radical (unpaired) electrons. The lowest BCUT2D eigenvalue weighted by atomic mass is 9.80. The SMILES string of the molecule is CC(=O)N1CCC(C(C(=O)NO)N2CCC(C)(c3ccc(C)cc3)C2=O)CC1. The third kappa shape index (κ3) is 3.63. The van der Waals surface area contributed by atoms with Crippen molar-refractivity contribution in [1.82, 2.24) is 15.3 Å². The summed E-state index contributed by atoms with van der Waals surface area (Å²) < 4.78 is 0. The maximum Gasteiger partial charge on any atom is 0.266 e. The molecule has 3 rings (SSSR count). The van der Waals surface area contributed by atoms with Crippen molar-refractivity contribution < 1.29 is 19.6 Å². The Labute approximate surface area is 165 Å². The highest BCUT2D eigenvalue weighted by atomic mass is 16.5. The largest absolute Gasteiger partial charge is 0.343 e. The van der Waals surface area contributed by atoms with Crippen LogP contribution in [0.3, 0.4) is 0 Å². The first-order valence-corrected chi connectivity index (χ1v) is 9.85. The molecule has 0 aliphatic carbocycles. The predicted octanol–water partition coefficient (Wildman–Crippen LogP) is 1.62. The number of aryl methyl sites for hydroxylation is 1. The van der Waals surface area contributed by atoms with E-state index in [1.807, 2.05) is 38.1 Å². The molecule has 2 atom stereocenters. The summed E-state index contributed by atoms with van der Waals surface area (Å²) in [7, 11) is 0. The predicted molar refractivity (Wildman–Crippen MR) is 104 cm³/mol. The molecule has 1 aromatic rings. The second kappa shape index (κ2) is 7.91. The molecule has 7 heteroatoms. The van der Waals surface area contributed by atoms with E-state index in [-0.39, 0.29) is 17.7 Å². The van der Waals surface area contributed by atoms with Gasteiger partial charge in [-0.15, -0.1) is 0 Å². The number of piperidine rings is 1.